The molecule has 0 bridgehead atoms. The summed E-state index contributed by atoms with van der Waals surface area (Å²) >= 11 is 0. The van der Waals surface area contributed by atoms with Crippen LogP contribution in [0.4, 0.5) is 0 Å². The fourth-order valence-electron chi connectivity index (χ4n) is 2.54. The predicted octanol–water partition coefficient (Wildman–Crippen LogP) is 1.71. The van der Waals surface area contributed by atoms with Crippen LogP contribution in [0.25, 0.3) is 0 Å². The van der Waals surface area contributed by atoms with E-state index in [2.05, 4.69) is 29.2 Å². The van der Waals surface area contributed by atoms with E-state index in [4.69, 9.17) is 0 Å². The monoisotopic (exact) mass is 201 g/mol. The van der Waals surface area contributed by atoms with Gasteiger partial charge >= 0.3 is 0 Å². The fourth-order valence-corrected chi connectivity index (χ4v) is 2.54. The summed E-state index contributed by atoms with van der Waals surface area (Å²) in [7, 11) is 0. The highest BCUT2D eigenvalue weighted by atomic mass is 16.1. The Labute approximate surface area is 89.9 Å². The average Bonchev–Trinajstić information content (AvgIpc) is 2.99. The van der Waals surface area contributed by atoms with Crippen molar-refractivity contribution in [2.45, 2.75) is 13.0 Å². The minimum atomic E-state index is 0.428. The molecule has 0 aromatic heterocycles. The third-order valence-electron chi connectivity index (χ3n) is 3.46. The third-order valence-corrected chi connectivity index (χ3v) is 3.46. The van der Waals surface area contributed by atoms with Crippen LogP contribution in [0.15, 0.2) is 30.3 Å². The Morgan fingerprint density at radius 2 is 2.07 bits per heavy atom. The first kappa shape index (κ1) is 9.10. The Balaban J connectivity index is 1.66. The van der Waals surface area contributed by atoms with Gasteiger partial charge in [0.2, 0.25) is 0 Å². The summed E-state index contributed by atoms with van der Waals surface area (Å²) in [5.74, 6) is 1.56. The van der Waals surface area contributed by atoms with E-state index >= 15 is 0 Å². The quantitative estimate of drug-likeness (QED) is 0.726. The third kappa shape index (κ3) is 1.82. The maximum atomic E-state index is 11.6. The minimum Gasteiger partial charge on any atom is -0.298 e. The molecule has 2 fully saturated rings. The average molecular weight is 201 g/mol. The second-order valence-corrected chi connectivity index (χ2v) is 4.72. The largest absolute Gasteiger partial charge is 0.298 e. The van der Waals surface area contributed by atoms with E-state index in [0.29, 0.717) is 24.2 Å². The van der Waals surface area contributed by atoms with Gasteiger partial charge in [-0.25, -0.2) is 0 Å². The molecule has 0 spiro atoms. The number of carbonyl (C=O) groups excluding carboxylic acids is 1. The van der Waals surface area contributed by atoms with E-state index in [-0.39, 0.29) is 0 Å². The van der Waals surface area contributed by atoms with Crippen molar-refractivity contribution < 1.29 is 4.79 Å². The molecule has 1 heterocycles. The van der Waals surface area contributed by atoms with Crippen LogP contribution >= 0.6 is 0 Å². The lowest BCUT2D eigenvalue weighted by Crippen LogP contribution is -2.36. The molecular formula is C13H15NO. The van der Waals surface area contributed by atoms with Gasteiger partial charge in [0.15, 0.2) is 0 Å². The smallest absolute Gasteiger partial charge is 0.150 e. The number of hydrogen-bond acceptors (Lipinski definition) is 2. The number of piperidine rings is 1. The molecule has 1 aliphatic heterocycles. The van der Waals surface area contributed by atoms with Gasteiger partial charge in [-0.2, -0.15) is 0 Å². The van der Waals surface area contributed by atoms with Crippen LogP contribution in [0, 0.1) is 11.8 Å². The number of Topliss-reactive ketones (excluding diaryl/α,β-unsaturated/α-hetero) is 1. The minimum absolute atomic E-state index is 0.428. The summed E-state index contributed by atoms with van der Waals surface area (Å²) in [6.45, 7) is 2.71. The molecule has 2 unspecified atom stereocenters. The van der Waals surface area contributed by atoms with Crippen molar-refractivity contribution >= 4 is 5.78 Å². The summed E-state index contributed by atoms with van der Waals surface area (Å²) in [6, 6.07) is 10.4. The molecular weight excluding hydrogens is 186 g/mol. The molecule has 1 aromatic carbocycles. The molecule has 1 saturated carbocycles. The number of ketones is 1. The SMILES string of the molecule is O=C1CN(Cc2ccccc2)CC2CC12. The predicted molar refractivity (Wildman–Crippen MR) is 58.3 cm³/mol. The maximum Gasteiger partial charge on any atom is 0.150 e. The van der Waals surface area contributed by atoms with Crippen molar-refractivity contribution in [3.63, 3.8) is 0 Å². The van der Waals surface area contributed by atoms with E-state index in [1.165, 1.54) is 5.56 Å². The van der Waals surface area contributed by atoms with Gasteiger partial charge in [0.25, 0.3) is 0 Å². The van der Waals surface area contributed by atoms with Gasteiger partial charge in [-0.05, 0) is 17.9 Å². The summed E-state index contributed by atoms with van der Waals surface area (Å²) in [6.07, 6.45) is 1.14. The molecule has 0 radical (unpaired) electrons. The zero-order valence-electron chi connectivity index (χ0n) is 8.73. The molecule has 1 saturated heterocycles. The van der Waals surface area contributed by atoms with Crippen LogP contribution in [0.2, 0.25) is 0 Å². The molecule has 2 aliphatic rings. The van der Waals surface area contributed by atoms with Crippen molar-refractivity contribution in [3.8, 4) is 0 Å². The number of benzene rings is 1. The van der Waals surface area contributed by atoms with Crippen LogP contribution in [-0.4, -0.2) is 23.8 Å². The molecule has 1 aliphatic carbocycles. The number of carbonyl (C=O) groups is 1. The Morgan fingerprint density at radius 1 is 1.27 bits per heavy atom. The van der Waals surface area contributed by atoms with Gasteiger partial charge in [0.1, 0.15) is 5.78 Å². The van der Waals surface area contributed by atoms with Gasteiger partial charge in [-0.3, -0.25) is 9.69 Å². The van der Waals surface area contributed by atoms with Gasteiger partial charge in [0.05, 0.1) is 6.54 Å². The molecule has 2 nitrogen and oxygen atoms in total. The zero-order chi connectivity index (χ0) is 10.3. The normalized spacial score (nSPS) is 30.0. The number of nitrogens with zero attached hydrogens (tertiary/aromatic N) is 1. The molecule has 0 N–H and O–H groups in total. The summed E-state index contributed by atoms with van der Waals surface area (Å²) in [5.41, 5.74) is 1.31. The zero-order valence-corrected chi connectivity index (χ0v) is 8.73. The summed E-state index contributed by atoms with van der Waals surface area (Å²) in [4.78, 5) is 13.9. The van der Waals surface area contributed by atoms with Crippen molar-refractivity contribution in [2.75, 3.05) is 13.1 Å². The van der Waals surface area contributed by atoms with Crippen LogP contribution in [0.3, 0.4) is 0 Å². The number of likely N-dealkylation sites (tertiary alicyclic amines) is 1. The van der Waals surface area contributed by atoms with E-state index in [1.807, 2.05) is 6.07 Å². The molecule has 0 amide bonds. The molecule has 2 heteroatoms. The van der Waals surface area contributed by atoms with Crippen LogP contribution in [0.5, 0.6) is 0 Å². The van der Waals surface area contributed by atoms with E-state index < -0.39 is 0 Å². The first-order valence-electron chi connectivity index (χ1n) is 5.62. The summed E-state index contributed by atoms with van der Waals surface area (Å²) in [5, 5.41) is 0. The van der Waals surface area contributed by atoms with Crippen LogP contribution in [0.1, 0.15) is 12.0 Å². The second-order valence-electron chi connectivity index (χ2n) is 4.72. The first-order chi connectivity index (χ1) is 7.33. The Bertz CT molecular complexity index is 373. The van der Waals surface area contributed by atoms with Crippen LogP contribution < -0.4 is 0 Å². The van der Waals surface area contributed by atoms with Gasteiger partial charge < -0.3 is 0 Å². The Morgan fingerprint density at radius 3 is 2.80 bits per heavy atom. The van der Waals surface area contributed by atoms with E-state index in [9.17, 15) is 4.79 Å². The topological polar surface area (TPSA) is 20.3 Å². The van der Waals surface area contributed by atoms with Crippen LogP contribution in [-0.2, 0) is 11.3 Å². The first-order valence-corrected chi connectivity index (χ1v) is 5.62. The Kier molecular flexibility index (Phi) is 2.10. The van der Waals surface area contributed by atoms with E-state index in [0.717, 1.165) is 19.5 Å². The van der Waals surface area contributed by atoms with Crippen molar-refractivity contribution in [1.82, 2.24) is 4.90 Å². The van der Waals surface area contributed by atoms with Gasteiger partial charge in [0, 0.05) is 19.0 Å². The lowest BCUT2D eigenvalue weighted by atomic mass is 10.1. The van der Waals surface area contributed by atoms with Crippen molar-refractivity contribution in [2.24, 2.45) is 11.8 Å². The fraction of sp³-hybridized carbons (Fsp3) is 0.462. The molecule has 78 valence electrons. The standard InChI is InChI=1S/C13H15NO/c15-13-9-14(8-11-6-12(11)13)7-10-4-2-1-3-5-10/h1-5,11-12H,6-9H2. The second kappa shape index (κ2) is 3.46. The molecule has 2 atom stereocenters. The van der Waals surface area contributed by atoms with Crippen molar-refractivity contribution in [1.29, 1.82) is 0 Å². The Hall–Kier alpha value is -1.15. The van der Waals surface area contributed by atoms with E-state index in [1.54, 1.807) is 0 Å². The highest BCUT2D eigenvalue weighted by Gasteiger charge is 2.47. The molecule has 15 heavy (non-hydrogen) atoms. The number of hydrogen-bond donors (Lipinski definition) is 0. The highest BCUT2D eigenvalue weighted by molar-refractivity contribution is 5.86. The lowest BCUT2D eigenvalue weighted by Gasteiger charge is -2.25. The number of fused-ring (bicyclic) bond motifs is 1. The number of rotatable bonds is 2. The van der Waals surface area contributed by atoms with Gasteiger partial charge in [-0.15, -0.1) is 0 Å². The van der Waals surface area contributed by atoms with Gasteiger partial charge in [-0.1, -0.05) is 30.3 Å². The summed E-state index contributed by atoms with van der Waals surface area (Å²) < 4.78 is 0. The van der Waals surface area contributed by atoms with Crippen molar-refractivity contribution in [3.05, 3.63) is 35.9 Å². The molecule has 3 rings (SSSR count). The highest BCUT2D eigenvalue weighted by Crippen LogP contribution is 2.42. The maximum absolute atomic E-state index is 11.6. The molecule has 1 aromatic rings. The lowest BCUT2D eigenvalue weighted by molar-refractivity contribution is -0.123.